The van der Waals surface area contributed by atoms with Gasteiger partial charge in [0.15, 0.2) is 0 Å². The fourth-order valence-corrected chi connectivity index (χ4v) is 2.38. The van der Waals surface area contributed by atoms with E-state index in [0.29, 0.717) is 16.7 Å². The second-order valence-electron chi connectivity index (χ2n) is 4.13. The Hall–Kier alpha value is -1.69. The molecule has 0 atom stereocenters. The molecule has 0 aliphatic heterocycles. The number of hydrogen-bond donors (Lipinski definition) is 1. The van der Waals surface area contributed by atoms with E-state index in [1.165, 1.54) is 6.33 Å². The smallest absolute Gasteiger partial charge is 0.288 e. The molecule has 106 valence electrons. The van der Waals surface area contributed by atoms with Crippen molar-refractivity contribution in [3.8, 4) is 11.3 Å². The summed E-state index contributed by atoms with van der Waals surface area (Å²) in [6.07, 6.45) is 1.50. The van der Waals surface area contributed by atoms with E-state index < -0.39 is 5.76 Å². The molecule has 1 aromatic carbocycles. The molecule has 0 fully saturated rings. The van der Waals surface area contributed by atoms with Crippen molar-refractivity contribution in [1.29, 1.82) is 0 Å². The van der Waals surface area contributed by atoms with Crippen LogP contribution in [0.5, 0.6) is 0 Å². The van der Waals surface area contributed by atoms with Crippen molar-refractivity contribution in [1.82, 2.24) is 9.97 Å². The van der Waals surface area contributed by atoms with Crippen LogP contribution in [0.4, 0.5) is 14.6 Å². The van der Waals surface area contributed by atoms with Crippen LogP contribution in [0.25, 0.3) is 11.3 Å². The Labute approximate surface area is 120 Å². The molecular formula is C14H15F2N3S. The third kappa shape index (κ3) is 3.45. The molecule has 2 rings (SSSR count). The number of nitrogens with one attached hydrogen (secondary N) is 1. The minimum Gasteiger partial charge on any atom is -0.370 e. The zero-order chi connectivity index (χ0) is 14.5. The molecule has 0 radical (unpaired) electrons. The van der Waals surface area contributed by atoms with Gasteiger partial charge in [0.2, 0.25) is 0 Å². The molecule has 2 aromatic rings. The second-order valence-corrected chi connectivity index (χ2v) is 5.19. The average Bonchev–Trinajstić information content (AvgIpc) is 2.42. The standard InChI is InChI=1S/C14H15F2N3S/c1-3-17-13-9(2)12(18-8-19-13)10-4-6-11(7-5-10)20-14(15)16/h4-8,14H,3H2,1-2H3,(H,17,18,19). The highest BCUT2D eigenvalue weighted by Crippen LogP contribution is 2.29. The highest BCUT2D eigenvalue weighted by Gasteiger charge is 2.10. The van der Waals surface area contributed by atoms with Gasteiger partial charge in [0.1, 0.15) is 12.1 Å². The summed E-state index contributed by atoms with van der Waals surface area (Å²) in [4.78, 5) is 9.01. The molecule has 3 nitrogen and oxygen atoms in total. The lowest BCUT2D eigenvalue weighted by atomic mass is 10.1. The molecule has 0 bridgehead atoms. The SMILES string of the molecule is CCNc1ncnc(-c2ccc(SC(F)F)cc2)c1C. The first kappa shape index (κ1) is 14.7. The Kier molecular flexibility index (Phi) is 4.89. The van der Waals surface area contributed by atoms with Crippen LogP contribution < -0.4 is 5.32 Å². The van der Waals surface area contributed by atoms with Crippen LogP contribution in [-0.2, 0) is 0 Å². The minimum absolute atomic E-state index is 0.539. The largest absolute Gasteiger partial charge is 0.370 e. The van der Waals surface area contributed by atoms with Crippen molar-refractivity contribution in [2.75, 3.05) is 11.9 Å². The zero-order valence-corrected chi connectivity index (χ0v) is 12.0. The molecule has 0 amide bonds. The summed E-state index contributed by atoms with van der Waals surface area (Å²) in [6.45, 7) is 4.72. The van der Waals surface area contributed by atoms with Crippen LogP contribution in [0.1, 0.15) is 12.5 Å². The van der Waals surface area contributed by atoms with Crippen LogP contribution in [-0.4, -0.2) is 22.3 Å². The average molecular weight is 295 g/mol. The van der Waals surface area contributed by atoms with Gasteiger partial charge >= 0.3 is 0 Å². The predicted octanol–water partition coefficient (Wildman–Crippen LogP) is 4.20. The van der Waals surface area contributed by atoms with E-state index in [4.69, 9.17) is 0 Å². The van der Waals surface area contributed by atoms with Crippen molar-refractivity contribution in [2.45, 2.75) is 24.5 Å². The molecule has 0 unspecified atom stereocenters. The van der Waals surface area contributed by atoms with E-state index in [1.807, 2.05) is 13.8 Å². The van der Waals surface area contributed by atoms with E-state index >= 15 is 0 Å². The molecule has 0 saturated heterocycles. The molecule has 0 aliphatic rings. The number of nitrogens with zero attached hydrogens (tertiary/aromatic N) is 2. The van der Waals surface area contributed by atoms with Crippen LogP contribution in [0.2, 0.25) is 0 Å². The molecule has 1 N–H and O–H groups in total. The first-order valence-corrected chi connectivity index (χ1v) is 7.10. The molecule has 0 saturated carbocycles. The molecule has 1 heterocycles. The van der Waals surface area contributed by atoms with Crippen molar-refractivity contribution >= 4 is 17.6 Å². The molecule has 20 heavy (non-hydrogen) atoms. The van der Waals surface area contributed by atoms with Gasteiger partial charge in [0, 0.05) is 22.6 Å². The van der Waals surface area contributed by atoms with Crippen LogP contribution in [0, 0.1) is 6.92 Å². The lowest BCUT2D eigenvalue weighted by molar-refractivity contribution is 0.252. The molecular weight excluding hydrogens is 280 g/mol. The van der Waals surface area contributed by atoms with Gasteiger partial charge in [-0.15, -0.1) is 0 Å². The summed E-state index contributed by atoms with van der Waals surface area (Å²) in [7, 11) is 0. The summed E-state index contributed by atoms with van der Waals surface area (Å²) >= 11 is 0.539. The van der Waals surface area contributed by atoms with Crippen LogP contribution in [0.15, 0.2) is 35.5 Å². The summed E-state index contributed by atoms with van der Waals surface area (Å²) < 4.78 is 24.6. The maximum atomic E-state index is 12.3. The monoisotopic (exact) mass is 295 g/mol. The summed E-state index contributed by atoms with van der Waals surface area (Å²) in [5.41, 5.74) is 2.65. The van der Waals surface area contributed by atoms with Crippen molar-refractivity contribution in [2.24, 2.45) is 0 Å². The zero-order valence-electron chi connectivity index (χ0n) is 11.2. The highest BCUT2D eigenvalue weighted by atomic mass is 32.2. The summed E-state index contributed by atoms with van der Waals surface area (Å²) in [6, 6.07) is 6.97. The fourth-order valence-electron chi connectivity index (χ4n) is 1.88. The number of benzene rings is 1. The van der Waals surface area contributed by atoms with E-state index in [-0.39, 0.29) is 0 Å². The van der Waals surface area contributed by atoms with E-state index in [9.17, 15) is 8.78 Å². The Morgan fingerprint density at radius 3 is 2.50 bits per heavy atom. The molecule has 6 heteroatoms. The van der Waals surface area contributed by atoms with Crippen molar-refractivity contribution < 1.29 is 8.78 Å². The maximum absolute atomic E-state index is 12.3. The molecule has 1 aromatic heterocycles. The van der Waals surface area contributed by atoms with Gasteiger partial charge in [-0.05, 0) is 26.0 Å². The van der Waals surface area contributed by atoms with Gasteiger partial charge < -0.3 is 5.32 Å². The number of aromatic nitrogens is 2. The minimum atomic E-state index is -2.40. The van der Waals surface area contributed by atoms with E-state index in [0.717, 1.165) is 29.2 Å². The Balaban J connectivity index is 2.29. The lowest BCUT2D eigenvalue weighted by Gasteiger charge is -2.10. The topological polar surface area (TPSA) is 37.8 Å². The summed E-state index contributed by atoms with van der Waals surface area (Å²) in [5.74, 6) is -1.61. The van der Waals surface area contributed by atoms with Crippen LogP contribution >= 0.6 is 11.8 Å². The van der Waals surface area contributed by atoms with Gasteiger partial charge in [-0.25, -0.2) is 9.97 Å². The van der Waals surface area contributed by atoms with Gasteiger partial charge in [-0.3, -0.25) is 0 Å². The normalized spacial score (nSPS) is 10.8. The first-order valence-electron chi connectivity index (χ1n) is 6.22. The predicted molar refractivity (Wildman–Crippen MR) is 78.2 cm³/mol. The van der Waals surface area contributed by atoms with Gasteiger partial charge in [0.05, 0.1) is 5.69 Å². The van der Waals surface area contributed by atoms with Crippen molar-refractivity contribution in [3.63, 3.8) is 0 Å². The Bertz CT molecular complexity index is 573. The Morgan fingerprint density at radius 2 is 1.90 bits per heavy atom. The number of thioether (sulfide) groups is 1. The number of alkyl halides is 2. The third-order valence-electron chi connectivity index (χ3n) is 2.78. The first-order chi connectivity index (χ1) is 9.61. The van der Waals surface area contributed by atoms with Gasteiger partial charge in [0.25, 0.3) is 5.76 Å². The van der Waals surface area contributed by atoms with Crippen molar-refractivity contribution in [3.05, 3.63) is 36.2 Å². The highest BCUT2D eigenvalue weighted by molar-refractivity contribution is 7.99. The second kappa shape index (κ2) is 6.65. The molecule has 0 spiro atoms. The number of anilines is 1. The number of hydrogen-bond acceptors (Lipinski definition) is 4. The van der Waals surface area contributed by atoms with Crippen LogP contribution in [0.3, 0.4) is 0 Å². The van der Waals surface area contributed by atoms with Gasteiger partial charge in [-0.2, -0.15) is 8.78 Å². The molecule has 0 aliphatic carbocycles. The number of halogens is 2. The van der Waals surface area contributed by atoms with E-state index in [2.05, 4.69) is 15.3 Å². The van der Waals surface area contributed by atoms with Gasteiger partial charge in [-0.1, -0.05) is 23.9 Å². The quantitative estimate of drug-likeness (QED) is 0.839. The lowest BCUT2D eigenvalue weighted by Crippen LogP contribution is -2.03. The third-order valence-corrected chi connectivity index (χ3v) is 3.50. The fraction of sp³-hybridized carbons (Fsp3) is 0.286. The number of rotatable bonds is 5. The Morgan fingerprint density at radius 1 is 1.20 bits per heavy atom. The van der Waals surface area contributed by atoms with E-state index in [1.54, 1.807) is 24.3 Å². The maximum Gasteiger partial charge on any atom is 0.288 e. The summed E-state index contributed by atoms with van der Waals surface area (Å²) in [5, 5.41) is 3.17.